The van der Waals surface area contributed by atoms with Crippen LogP contribution >= 0.6 is 0 Å². The predicted octanol–water partition coefficient (Wildman–Crippen LogP) is 2.75. The molecule has 0 aliphatic heterocycles. The third-order valence-electron chi connectivity index (χ3n) is 5.53. The van der Waals surface area contributed by atoms with E-state index < -0.39 is 11.0 Å². The highest BCUT2D eigenvalue weighted by Gasteiger charge is 2.62. The van der Waals surface area contributed by atoms with Crippen LogP contribution in [0.1, 0.15) is 46.6 Å². The van der Waals surface area contributed by atoms with Gasteiger partial charge in [0.05, 0.1) is 6.10 Å². The van der Waals surface area contributed by atoms with Crippen LogP contribution in [-0.4, -0.2) is 30.7 Å². The largest absolute Gasteiger partial charge is 0.378 e. The number of halogens is 1. The molecule has 3 N–H and O–H groups in total. The summed E-state index contributed by atoms with van der Waals surface area (Å²) in [5.41, 5.74) is 5.48. The third-order valence-corrected chi connectivity index (χ3v) is 5.53. The fraction of sp³-hybridized carbons (Fsp3) is 0.632. The first-order valence-electron chi connectivity index (χ1n) is 8.49. The molecule has 1 saturated carbocycles. The molecule has 2 atom stereocenters. The second-order valence-electron chi connectivity index (χ2n) is 7.92. The monoisotopic (exact) mass is 336 g/mol. The molecule has 2 unspecified atom stereocenters. The number of carbonyl (C=O) groups is 1. The lowest BCUT2D eigenvalue weighted by atomic mass is 9.54. The Morgan fingerprint density at radius 1 is 1.46 bits per heavy atom. The molecule has 4 nitrogen and oxygen atoms in total. The molecule has 1 aromatic carbocycles. The number of hydrogen-bond acceptors (Lipinski definition) is 3. The summed E-state index contributed by atoms with van der Waals surface area (Å²) in [6.07, 6.45) is 0.509. The van der Waals surface area contributed by atoms with E-state index in [1.165, 1.54) is 12.1 Å². The van der Waals surface area contributed by atoms with Crippen molar-refractivity contribution in [1.29, 1.82) is 0 Å². The lowest BCUT2D eigenvalue weighted by molar-refractivity contribution is -0.170. The van der Waals surface area contributed by atoms with Crippen LogP contribution in [0.4, 0.5) is 4.39 Å². The van der Waals surface area contributed by atoms with Crippen molar-refractivity contribution in [2.75, 3.05) is 13.2 Å². The van der Waals surface area contributed by atoms with Crippen molar-refractivity contribution >= 4 is 5.91 Å². The second-order valence-corrected chi connectivity index (χ2v) is 7.92. The maximum absolute atomic E-state index is 13.4. The predicted molar refractivity (Wildman–Crippen MR) is 93.2 cm³/mol. The smallest absolute Gasteiger partial charge is 0.240 e. The van der Waals surface area contributed by atoms with Gasteiger partial charge in [-0.1, -0.05) is 39.8 Å². The van der Waals surface area contributed by atoms with Crippen LogP contribution in [0.3, 0.4) is 0 Å². The maximum Gasteiger partial charge on any atom is 0.240 e. The Balaban J connectivity index is 2.03. The number of carbonyl (C=O) groups excluding carboxylic acids is 1. The maximum atomic E-state index is 13.4. The molecule has 0 aromatic heterocycles. The number of rotatable bonds is 6. The molecule has 134 valence electrons. The van der Waals surface area contributed by atoms with Gasteiger partial charge in [0.25, 0.3) is 0 Å². The van der Waals surface area contributed by atoms with Crippen molar-refractivity contribution in [2.24, 2.45) is 11.1 Å². The molecule has 0 heterocycles. The van der Waals surface area contributed by atoms with Crippen LogP contribution in [0, 0.1) is 11.2 Å². The highest BCUT2D eigenvalue weighted by Crippen LogP contribution is 2.49. The summed E-state index contributed by atoms with van der Waals surface area (Å²) in [6.45, 7) is 10.8. The Kier molecular flexibility index (Phi) is 5.07. The Bertz CT molecular complexity index is 615. The van der Waals surface area contributed by atoms with Crippen molar-refractivity contribution < 1.29 is 13.9 Å². The van der Waals surface area contributed by atoms with Gasteiger partial charge < -0.3 is 15.8 Å². The van der Waals surface area contributed by atoms with E-state index in [2.05, 4.69) is 5.32 Å². The van der Waals surface area contributed by atoms with Gasteiger partial charge in [0.2, 0.25) is 5.91 Å². The molecular formula is C19H29FN2O2. The zero-order chi connectivity index (χ0) is 18.2. The van der Waals surface area contributed by atoms with E-state index in [1.807, 2.05) is 40.7 Å². The normalized spacial score (nSPS) is 25.9. The van der Waals surface area contributed by atoms with Gasteiger partial charge in [-0.15, -0.1) is 0 Å². The van der Waals surface area contributed by atoms with Gasteiger partial charge in [0.1, 0.15) is 11.4 Å². The quantitative estimate of drug-likeness (QED) is 0.839. The van der Waals surface area contributed by atoms with Crippen molar-refractivity contribution in [3.8, 4) is 0 Å². The zero-order valence-corrected chi connectivity index (χ0v) is 15.3. The summed E-state index contributed by atoms with van der Waals surface area (Å²) >= 11 is 0. The molecule has 0 saturated heterocycles. The van der Waals surface area contributed by atoms with E-state index in [4.69, 9.17) is 10.5 Å². The first kappa shape index (κ1) is 18.9. The fourth-order valence-electron chi connectivity index (χ4n) is 3.29. The van der Waals surface area contributed by atoms with E-state index in [9.17, 15) is 9.18 Å². The number of benzene rings is 1. The van der Waals surface area contributed by atoms with Gasteiger partial charge in [-0.3, -0.25) is 4.79 Å². The van der Waals surface area contributed by atoms with Gasteiger partial charge in [0, 0.05) is 30.4 Å². The van der Waals surface area contributed by atoms with Crippen LogP contribution in [0.5, 0.6) is 0 Å². The number of hydrogen-bond donors (Lipinski definition) is 2. The van der Waals surface area contributed by atoms with Crippen LogP contribution in [0.25, 0.3) is 0 Å². The number of ether oxygens (including phenoxy) is 1. The molecule has 1 aliphatic carbocycles. The van der Waals surface area contributed by atoms with E-state index in [0.29, 0.717) is 19.6 Å². The van der Waals surface area contributed by atoms with Crippen molar-refractivity contribution in [3.63, 3.8) is 0 Å². The molecule has 1 fully saturated rings. The fourth-order valence-corrected chi connectivity index (χ4v) is 3.29. The summed E-state index contributed by atoms with van der Waals surface area (Å²) in [6, 6.07) is 6.47. The summed E-state index contributed by atoms with van der Waals surface area (Å²) in [7, 11) is 0. The van der Waals surface area contributed by atoms with E-state index >= 15 is 0 Å². The van der Waals surface area contributed by atoms with Crippen molar-refractivity contribution in [3.05, 3.63) is 35.6 Å². The van der Waals surface area contributed by atoms with Gasteiger partial charge in [0.15, 0.2) is 0 Å². The van der Waals surface area contributed by atoms with E-state index in [0.717, 1.165) is 5.56 Å². The molecule has 1 amide bonds. The molecule has 5 heteroatoms. The van der Waals surface area contributed by atoms with E-state index in [1.54, 1.807) is 6.07 Å². The Hall–Kier alpha value is -1.46. The van der Waals surface area contributed by atoms with Gasteiger partial charge >= 0.3 is 0 Å². The first-order chi connectivity index (χ1) is 11.0. The molecule has 1 aromatic rings. The van der Waals surface area contributed by atoms with Crippen molar-refractivity contribution in [1.82, 2.24) is 5.32 Å². The van der Waals surface area contributed by atoms with Crippen LogP contribution in [0.15, 0.2) is 24.3 Å². The minimum Gasteiger partial charge on any atom is -0.378 e. The van der Waals surface area contributed by atoms with Crippen LogP contribution in [0.2, 0.25) is 0 Å². The van der Waals surface area contributed by atoms with Gasteiger partial charge in [-0.05, 0) is 24.6 Å². The summed E-state index contributed by atoms with van der Waals surface area (Å²) < 4.78 is 19.1. The lowest BCUT2D eigenvalue weighted by Crippen LogP contribution is -2.76. The third kappa shape index (κ3) is 3.20. The number of nitrogens with two attached hydrogens (primary N) is 1. The highest BCUT2D eigenvalue weighted by molar-refractivity contribution is 5.88. The summed E-state index contributed by atoms with van der Waals surface area (Å²) in [5, 5.41) is 2.96. The molecular weight excluding hydrogens is 307 g/mol. The molecule has 0 radical (unpaired) electrons. The molecule has 0 spiro atoms. The second kappa shape index (κ2) is 6.45. The number of amides is 1. The summed E-state index contributed by atoms with van der Waals surface area (Å²) in [5.74, 6) is -0.449. The molecule has 2 rings (SSSR count). The Morgan fingerprint density at radius 3 is 2.67 bits per heavy atom. The Morgan fingerprint density at radius 2 is 2.12 bits per heavy atom. The topological polar surface area (TPSA) is 64.3 Å². The number of nitrogens with one attached hydrogen (secondary N) is 1. The average molecular weight is 336 g/mol. The van der Waals surface area contributed by atoms with Crippen molar-refractivity contribution in [2.45, 2.75) is 58.1 Å². The average Bonchev–Trinajstić information content (AvgIpc) is 2.52. The Labute approximate surface area is 144 Å². The minimum atomic E-state index is -0.940. The zero-order valence-electron chi connectivity index (χ0n) is 15.3. The minimum absolute atomic E-state index is 0.00511. The highest BCUT2D eigenvalue weighted by atomic mass is 19.1. The standard InChI is InChI=1S/C19H29FN2O2/c1-6-24-15-11-19(21,18(15,4)5)16(23)22-12-17(2,3)13-8-7-9-14(20)10-13/h7-10,15H,6,11-12,21H2,1-5H3,(H,22,23). The van der Waals surface area contributed by atoms with Gasteiger partial charge in [-0.2, -0.15) is 0 Å². The van der Waals surface area contributed by atoms with Crippen LogP contribution < -0.4 is 11.1 Å². The molecule has 24 heavy (non-hydrogen) atoms. The lowest BCUT2D eigenvalue weighted by Gasteiger charge is -2.57. The molecule has 1 aliphatic rings. The first-order valence-corrected chi connectivity index (χ1v) is 8.49. The van der Waals surface area contributed by atoms with E-state index in [-0.39, 0.29) is 23.2 Å². The SMILES string of the molecule is CCOC1CC(N)(C(=O)NCC(C)(C)c2cccc(F)c2)C1(C)C. The van der Waals surface area contributed by atoms with Gasteiger partial charge in [-0.25, -0.2) is 4.39 Å². The van der Waals surface area contributed by atoms with Crippen LogP contribution in [-0.2, 0) is 14.9 Å². The summed E-state index contributed by atoms with van der Waals surface area (Å²) in [4.78, 5) is 12.7. The molecule has 0 bridgehead atoms.